The fraction of sp³-hybridized carbons (Fsp3) is 0.278. The van der Waals surface area contributed by atoms with Gasteiger partial charge in [0.05, 0.1) is 6.61 Å². The zero-order valence-corrected chi connectivity index (χ0v) is 13.8. The molecule has 0 unspecified atom stereocenters. The van der Waals surface area contributed by atoms with Gasteiger partial charge >= 0.3 is 12.2 Å². The third-order valence-electron chi connectivity index (χ3n) is 3.38. The van der Waals surface area contributed by atoms with Crippen LogP contribution < -0.4 is 10.6 Å². The molecule has 2 N–H and O–H groups in total. The molecule has 2 aromatic rings. The maximum Gasteiger partial charge on any atom is 0.411 e. The van der Waals surface area contributed by atoms with Gasteiger partial charge in [0.15, 0.2) is 0 Å². The van der Waals surface area contributed by atoms with Gasteiger partial charge in [0.25, 0.3) is 0 Å². The second-order valence-electron chi connectivity index (χ2n) is 5.59. The third kappa shape index (κ3) is 7.52. The molecule has 0 aromatic heterocycles. The summed E-state index contributed by atoms with van der Waals surface area (Å²) in [5, 5.41) is 5.30. The minimum atomic E-state index is -4.34. The Hall–Kier alpha value is -2.61. The van der Waals surface area contributed by atoms with Gasteiger partial charge in [0, 0.05) is 13.1 Å². The van der Waals surface area contributed by atoms with E-state index in [1.807, 2.05) is 0 Å². The van der Waals surface area contributed by atoms with Gasteiger partial charge in [-0.15, -0.1) is 0 Å². The first-order valence-electron chi connectivity index (χ1n) is 7.80. The van der Waals surface area contributed by atoms with Crippen LogP contribution in [0.4, 0.5) is 22.4 Å². The van der Waals surface area contributed by atoms with Gasteiger partial charge in [0.2, 0.25) is 0 Å². The number of carbonyl (C=O) groups is 1. The van der Waals surface area contributed by atoms with Crippen LogP contribution in [0.5, 0.6) is 0 Å². The summed E-state index contributed by atoms with van der Waals surface area (Å²) in [7, 11) is 0. The second-order valence-corrected chi connectivity index (χ2v) is 5.59. The van der Waals surface area contributed by atoms with E-state index in [-0.39, 0.29) is 31.5 Å². The molecule has 2 aromatic carbocycles. The molecule has 140 valence electrons. The van der Waals surface area contributed by atoms with Crippen LogP contribution in [-0.2, 0) is 24.4 Å². The van der Waals surface area contributed by atoms with Gasteiger partial charge in [-0.25, -0.2) is 9.18 Å². The predicted molar refractivity (Wildman–Crippen MR) is 87.6 cm³/mol. The van der Waals surface area contributed by atoms with Gasteiger partial charge in [-0.2, -0.15) is 13.2 Å². The first-order valence-corrected chi connectivity index (χ1v) is 7.80. The number of ether oxygens (including phenoxy) is 1. The molecular formula is C18H18F4N2O2. The van der Waals surface area contributed by atoms with Gasteiger partial charge in [0.1, 0.15) is 12.4 Å². The van der Waals surface area contributed by atoms with Gasteiger partial charge in [-0.3, -0.25) is 0 Å². The van der Waals surface area contributed by atoms with E-state index in [2.05, 4.69) is 15.4 Å². The van der Waals surface area contributed by atoms with E-state index in [0.717, 1.165) is 11.1 Å². The highest BCUT2D eigenvalue weighted by Crippen LogP contribution is 2.15. The van der Waals surface area contributed by atoms with E-state index in [9.17, 15) is 22.4 Å². The van der Waals surface area contributed by atoms with E-state index in [1.165, 1.54) is 12.1 Å². The van der Waals surface area contributed by atoms with Crippen molar-refractivity contribution in [3.63, 3.8) is 0 Å². The van der Waals surface area contributed by atoms with E-state index < -0.39 is 12.8 Å². The second kappa shape index (κ2) is 9.19. The largest absolute Gasteiger partial charge is 0.411 e. The predicted octanol–water partition coefficient (Wildman–Crippen LogP) is 3.90. The molecule has 26 heavy (non-hydrogen) atoms. The van der Waals surface area contributed by atoms with Crippen molar-refractivity contribution in [2.75, 3.05) is 6.61 Å². The molecular weight excluding hydrogens is 352 g/mol. The number of alkyl halides is 3. The molecule has 0 radical (unpaired) electrons. The summed E-state index contributed by atoms with van der Waals surface area (Å²) in [5.74, 6) is -0.342. The molecule has 0 aliphatic rings. The minimum Gasteiger partial charge on any atom is -0.367 e. The number of hydrogen-bond donors (Lipinski definition) is 2. The summed E-state index contributed by atoms with van der Waals surface area (Å²) >= 11 is 0. The monoisotopic (exact) mass is 370 g/mol. The number of carbonyl (C=O) groups excluding carboxylic acids is 1. The molecule has 0 fully saturated rings. The van der Waals surface area contributed by atoms with Crippen molar-refractivity contribution in [3.05, 3.63) is 71.0 Å². The smallest absolute Gasteiger partial charge is 0.367 e. The summed E-state index contributed by atoms with van der Waals surface area (Å²) in [4.78, 5) is 11.7. The van der Waals surface area contributed by atoms with E-state index in [0.29, 0.717) is 5.56 Å². The molecule has 4 nitrogen and oxygen atoms in total. The average molecular weight is 370 g/mol. The molecule has 0 spiro atoms. The van der Waals surface area contributed by atoms with Crippen LogP contribution in [0.15, 0.2) is 48.5 Å². The fourth-order valence-corrected chi connectivity index (χ4v) is 2.07. The lowest BCUT2D eigenvalue weighted by Gasteiger charge is -2.09. The van der Waals surface area contributed by atoms with Crippen molar-refractivity contribution in [1.29, 1.82) is 0 Å². The van der Waals surface area contributed by atoms with Crippen molar-refractivity contribution >= 4 is 6.03 Å². The Balaban J connectivity index is 1.69. The van der Waals surface area contributed by atoms with Crippen molar-refractivity contribution in [3.8, 4) is 0 Å². The van der Waals surface area contributed by atoms with Crippen LogP contribution >= 0.6 is 0 Å². The summed E-state index contributed by atoms with van der Waals surface area (Å²) in [6, 6.07) is 12.1. The van der Waals surface area contributed by atoms with Crippen LogP contribution in [-0.4, -0.2) is 18.8 Å². The molecule has 0 aliphatic carbocycles. The summed E-state index contributed by atoms with van der Waals surface area (Å²) in [5.41, 5.74) is 2.17. The lowest BCUT2D eigenvalue weighted by atomic mass is 10.1. The maximum absolute atomic E-state index is 12.8. The third-order valence-corrected chi connectivity index (χ3v) is 3.38. The summed E-state index contributed by atoms with van der Waals surface area (Å²) in [6.45, 7) is -0.892. The van der Waals surface area contributed by atoms with Crippen molar-refractivity contribution in [2.45, 2.75) is 25.9 Å². The Morgan fingerprint density at radius 2 is 1.31 bits per heavy atom. The first-order chi connectivity index (χ1) is 12.3. The van der Waals surface area contributed by atoms with E-state index >= 15 is 0 Å². The maximum atomic E-state index is 12.8. The van der Waals surface area contributed by atoms with Crippen LogP contribution in [0.2, 0.25) is 0 Å². The lowest BCUT2D eigenvalue weighted by molar-refractivity contribution is -0.176. The summed E-state index contributed by atoms with van der Waals surface area (Å²) < 4.78 is 53.4. The van der Waals surface area contributed by atoms with Gasteiger partial charge < -0.3 is 15.4 Å². The minimum absolute atomic E-state index is 0.134. The Bertz CT molecular complexity index is 701. The van der Waals surface area contributed by atoms with Crippen molar-refractivity contribution < 1.29 is 27.1 Å². The van der Waals surface area contributed by atoms with Crippen molar-refractivity contribution in [2.24, 2.45) is 0 Å². The topological polar surface area (TPSA) is 50.4 Å². The fourth-order valence-electron chi connectivity index (χ4n) is 2.07. The van der Waals surface area contributed by atoms with Crippen LogP contribution in [0.25, 0.3) is 0 Å². The Kier molecular flexibility index (Phi) is 6.97. The van der Waals surface area contributed by atoms with E-state index in [1.54, 1.807) is 36.4 Å². The molecule has 2 amide bonds. The highest BCUT2D eigenvalue weighted by Gasteiger charge is 2.27. The number of benzene rings is 2. The lowest BCUT2D eigenvalue weighted by Crippen LogP contribution is -2.34. The number of halogens is 4. The van der Waals surface area contributed by atoms with Gasteiger partial charge in [-0.1, -0.05) is 36.4 Å². The van der Waals surface area contributed by atoms with Crippen molar-refractivity contribution in [1.82, 2.24) is 10.6 Å². The Morgan fingerprint density at radius 1 is 0.846 bits per heavy atom. The molecule has 8 heteroatoms. The number of amides is 2. The SMILES string of the molecule is O=C(NCc1ccc(F)cc1)NCc1ccc(COCC(F)(F)F)cc1. The standard InChI is InChI=1S/C18H18F4N2O2/c19-16-7-5-14(6-8-16)10-24-17(25)23-9-13-1-3-15(4-2-13)11-26-12-18(20,21)22/h1-8H,9-12H2,(H2,23,24,25). The zero-order valence-electron chi connectivity index (χ0n) is 13.8. The number of rotatable bonds is 7. The van der Waals surface area contributed by atoms with Crippen LogP contribution in [0, 0.1) is 5.82 Å². The highest BCUT2D eigenvalue weighted by molar-refractivity contribution is 5.73. The highest BCUT2D eigenvalue weighted by atomic mass is 19.4. The quantitative estimate of drug-likeness (QED) is 0.727. The number of hydrogen-bond acceptors (Lipinski definition) is 2. The molecule has 0 heterocycles. The first kappa shape index (κ1) is 19.7. The molecule has 0 saturated carbocycles. The van der Waals surface area contributed by atoms with Gasteiger partial charge in [-0.05, 0) is 28.8 Å². The zero-order chi connectivity index (χ0) is 19.0. The molecule has 2 rings (SSSR count). The van der Waals surface area contributed by atoms with Crippen LogP contribution in [0.1, 0.15) is 16.7 Å². The average Bonchev–Trinajstić information content (AvgIpc) is 2.59. The summed E-state index contributed by atoms with van der Waals surface area (Å²) in [6.07, 6.45) is -4.34. The normalized spacial score (nSPS) is 11.2. The number of nitrogens with one attached hydrogen (secondary N) is 2. The molecule has 0 aliphatic heterocycles. The number of urea groups is 1. The Morgan fingerprint density at radius 3 is 1.81 bits per heavy atom. The van der Waals surface area contributed by atoms with Crippen LogP contribution in [0.3, 0.4) is 0 Å². The molecule has 0 atom stereocenters. The van der Waals surface area contributed by atoms with E-state index in [4.69, 9.17) is 0 Å². The molecule has 0 bridgehead atoms. The molecule has 0 saturated heterocycles. The Labute approximate surface area is 148 Å².